The van der Waals surface area contributed by atoms with Gasteiger partial charge in [0.05, 0.1) is 5.56 Å². The van der Waals surface area contributed by atoms with E-state index in [1.807, 2.05) is 24.3 Å². The fraction of sp³-hybridized carbons (Fsp3) is 0. The van der Waals surface area contributed by atoms with Crippen LogP contribution < -0.4 is 0 Å². The maximum absolute atomic E-state index is 10.8. The number of benzene rings is 1. The maximum Gasteiger partial charge on any atom is 0.337 e. The van der Waals surface area contributed by atoms with E-state index in [4.69, 9.17) is 5.11 Å². The number of carboxylic acids is 1. The molecule has 0 radical (unpaired) electrons. The molecule has 1 aromatic carbocycles. The SMILES string of the molecule is O=C(O)c1cncc(-c2ccccc2Br)c1. The van der Waals surface area contributed by atoms with Crippen LogP contribution in [0, 0.1) is 0 Å². The van der Waals surface area contributed by atoms with Gasteiger partial charge in [-0.15, -0.1) is 0 Å². The molecule has 1 N–H and O–H groups in total. The molecule has 2 rings (SSSR count). The van der Waals surface area contributed by atoms with Gasteiger partial charge >= 0.3 is 5.97 Å². The van der Waals surface area contributed by atoms with E-state index in [1.54, 1.807) is 12.3 Å². The highest BCUT2D eigenvalue weighted by atomic mass is 79.9. The van der Waals surface area contributed by atoms with Gasteiger partial charge in [0.15, 0.2) is 0 Å². The molecule has 0 fully saturated rings. The number of aromatic nitrogens is 1. The van der Waals surface area contributed by atoms with Gasteiger partial charge in [-0.05, 0) is 17.7 Å². The first-order valence-corrected chi connectivity index (χ1v) is 5.41. The van der Waals surface area contributed by atoms with E-state index in [2.05, 4.69) is 20.9 Å². The largest absolute Gasteiger partial charge is 0.478 e. The highest BCUT2D eigenvalue weighted by Crippen LogP contribution is 2.27. The minimum absolute atomic E-state index is 0.188. The molecule has 3 nitrogen and oxygen atoms in total. The minimum atomic E-state index is -0.971. The molecule has 0 aliphatic rings. The van der Waals surface area contributed by atoms with E-state index in [9.17, 15) is 4.79 Å². The summed E-state index contributed by atoms with van der Waals surface area (Å²) in [5.74, 6) is -0.971. The second-order valence-electron chi connectivity index (χ2n) is 3.25. The van der Waals surface area contributed by atoms with Crippen LogP contribution in [-0.4, -0.2) is 16.1 Å². The first-order valence-electron chi connectivity index (χ1n) is 4.62. The number of nitrogens with zero attached hydrogens (tertiary/aromatic N) is 1. The minimum Gasteiger partial charge on any atom is -0.478 e. The average molecular weight is 278 g/mol. The second kappa shape index (κ2) is 4.45. The Morgan fingerprint density at radius 2 is 2.00 bits per heavy atom. The Balaban J connectivity index is 2.53. The first kappa shape index (κ1) is 10.8. The summed E-state index contributed by atoms with van der Waals surface area (Å²) in [6.07, 6.45) is 2.98. The highest BCUT2D eigenvalue weighted by Gasteiger charge is 2.07. The zero-order valence-corrected chi connectivity index (χ0v) is 9.81. The van der Waals surface area contributed by atoms with Crippen LogP contribution in [0.5, 0.6) is 0 Å². The van der Waals surface area contributed by atoms with Crippen molar-refractivity contribution in [1.82, 2.24) is 4.98 Å². The summed E-state index contributed by atoms with van der Waals surface area (Å²) >= 11 is 3.42. The third-order valence-electron chi connectivity index (χ3n) is 2.17. The van der Waals surface area contributed by atoms with Crippen LogP contribution in [0.4, 0.5) is 0 Å². The number of carboxylic acid groups (broad SMARTS) is 1. The van der Waals surface area contributed by atoms with E-state index < -0.39 is 5.97 Å². The number of hydrogen-bond acceptors (Lipinski definition) is 2. The molecule has 1 heterocycles. The molecular formula is C12H8BrNO2. The number of hydrogen-bond donors (Lipinski definition) is 1. The van der Waals surface area contributed by atoms with Crippen LogP contribution in [-0.2, 0) is 0 Å². The van der Waals surface area contributed by atoms with Crippen molar-refractivity contribution in [3.63, 3.8) is 0 Å². The number of aromatic carboxylic acids is 1. The van der Waals surface area contributed by atoms with Crippen LogP contribution in [0.1, 0.15) is 10.4 Å². The lowest BCUT2D eigenvalue weighted by molar-refractivity contribution is 0.0696. The van der Waals surface area contributed by atoms with Crippen LogP contribution in [0.25, 0.3) is 11.1 Å². The third-order valence-corrected chi connectivity index (χ3v) is 2.86. The molecule has 0 saturated carbocycles. The molecule has 0 atom stereocenters. The normalized spacial score (nSPS) is 10.1. The molecule has 0 spiro atoms. The van der Waals surface area contributed by atoms with Gasteiger partial charge < -0.3 is 5.11 Å². The van der Waals surface area contributed by atoms with Gasteiger partial charge in [0.1, 0.15) is 0 Å². The van der Waals surface area contributed by atoms with Gasteiger partial charge in [-0.3, -0.25) is 4.98 Å². The predicted octanol–water partition coefficient (Wildman–Crippen LogP) is 3.21. The Hall–Kier alpha value is -1.68. The Labute approximate surface area is 101 Å². The molecule has 0 aliphatic carbocycles. The zero-order valence-electron chi connectivity index (χ0n) is 8.22. The molecular weight excluding hydrogens is 270 g/mol. The lowest BCUT2D eigenvalue weighted by Crippen LogP contribution is -1.97. The van der Waals surface area contributed by atoms with Crippen LogP contribution in [0.15, 0.2) is 47.2 Å². The van der Waals surface area contributed by atoms with Gasteiger partial charge in [-0.1, -0.05) is 34.1 Å². The Morgan fingerprint density at radius 1 is 1.25 bits per heavy atom. The van der Waals surface area contributed by atoms with E-state index in [1.165, 1.54) is 6.20 Å². The van der Waals surface area contributed by atoms with E-state index in [0.717, 1.165) is 15.6 Å². The van der Waals surface area contributed by atoms with Gasteiger partial charge in [0, 0.05) is 22.4 Å². The smallest absolute Gasteiger partial charge is 0.337 e. The maximum atomic E-state index is 10.8. The fourth-order valence-corrected chi connectivity index (χ4v) is 1.91. The van der Waals surface area contributed by atoms with Crippen molar-refractivity contribution in [2.75, 3.05) is 0 Å². The summed E-state index contributed by atoms with van der Waals surface area (Å²) in [6.45, 7) is 0. The van der Waals surface area contributed by atoms with Crippen LogP contribution in [0.2, 0.25) is 0 Å². The van der Waals surface area contributed by atoms with Crippen molar-refractivity contribution in [2.45, 2.75) is 0 Å². The lowest BCUT2D eigenvalue weighted by atomic mass is 10.1. The number of pyridine rings is 1. The standard InChI is InChI=1S/C12H8BrNO2/c13-11-4-2-1-3-10(11)8-5-9(12(15)16)7-14-6-8/h1-7H,(H,15,16). The molecule has 2 aromatic rings. The summed E-state index contributed by atoms with van der Waals surface area (Å²) in [6, 6.07) is 9.22. The molecule has 0 unspecified atom stereocenters. The van der Waals surface area contributed by atoms with E-state index in [-0.39, 0.29) is 5.56 Å². The summed E-state index contributed by atoms with van der Waals surface area (Å²) in [7, 11) is 0. The van der Waals surface area contributed by atoms with Crippen LogP contribution in [0.3, 0.4) is 0 Å². The van der Waals surface area contributed by atoms with Crippen molar-refractivity contribution in [3.8, 4) is 11.1 Å². The van der Waals surface area contributed by atoms with Gasteiger partial charge in [0.2, 0.25) is 0 Å². The number of rotatable bonds is 2. The van der Waals surface area contributed by atoms with Crippen molar-refractivity contribution in [2.24, 2.45) is 0 Å². The monoisotopic (exact) mass is 277 g/mol. The lowest BCUT2D eigenvalue weighted by Gasteiger charge is -2.04. The van der Waals surface area contributed by atoms with Crippen LogP contribution >= 0.6 is 15.9 Å². The highest BCUT2D eigenvalue weighted by molar-refractivity contribution is 9.10. The molecule has 4 heteroatoms. The third kappa shape index (κ3) is 2.12. The fourth-order valence-electron chi connectivity index (χ4n) is 1.40. The molecule has 80 valence electrons. The molecule has 0 amide bonds. The quantitative estimate of drug-likeness (QED) is 0.917. The predicted molar refractivity (Wildman–Crippen MR) is 64.3 cm³/mol. The summed E-state index contributed by atoms with van der Waals surface area (Å²) in [5.41, 5.74) is 1.90. The van der Waals surface area contributed by atoms with Gasteiger partial charge in [-0.2, -0.15) is 0 Å². The molecule has 0 saturated heterocycles. The average Bonchev–Trinajstić information content (AvgIpc) is 2.30. The molecule has 1 aromatic heterocycles. The van der Waals surface area contributed by atoms with Gasteiger partial charge in [-0.25, -0.2) is 4.79 Å². The Bertz CT molecular complexity index is 540. The van der Waals surface area contributed by atoms with Gasteiger partial charge in [0.25, 0.3) is 0 Å². The first-order chi connectivity index (χ1) is 7.68. The number of carbonyl (C=O) groups is 1. The topological polar surface area (TPSA) is 50.2 Å². The molecule has 0 bridgehead atoms. The van der Waals surface area contributed by atoms with Crippen molar-refractivity contribution in [3.05, 3.63) is 52.8 Å². The summed E-state index contributed by atoms with van der Waals surface area (Å²) < 4.78 is 0.916. The summed E-state index contributed by atoms with van der Waals surface area (Å²) in [4.78, 5) is 14.7. The molecule has 16 heavy (non-hydrogen) atoms. The Morgan fingerprint density at radius 3 is 2.69 bits per heavy atom. The Kier molecular flexibility index (Phi) is 3.01. The second-order valence-corrected chi connectivity index (χ2v) is 4.10. The van der Waals surface area contributed by atoms with E-state index in [0.29, 0.717) is 0 Å². The summed E-state index contributed by atoms with van der Waals surface area (Å²) in [5, 5.41) is 8.87. The van der Waals surface area contributed by atoms with Crippen molar-refractivity contribution >= 4 is 21.9 Å². The number of halogens is 1. The molecule has 0 aliphatic heterocycles. The van der Waals surface area contributed by atoms with Crippen molar-refractivity contribution < 1.29 is 9.90 Å². The zero-order chi connectivity index (χ0) is 11.5. The van der Waals surface area contributed by atoms with Crippen molar-refractivity contribution in [1.29, 1.82) is 0 Å². The van der Waals surface area contributed by atoms with E-state index >= 15 is 0 Å².